The molecule has 0 saturated carbocycles. The predicted molar refractivity (Wildman–Crippen MR) is 184 cm³/mol. The summed E-state index contributed by atoms with van der Waals surface area (Å²) in [6, 6.07) is 53.5. The van der Waals surface area contributed by atoms with Gasteiger partial charge >= 0.3 is 8.03 Å². The molecule has 5 rings (SSSR count). The van der Waals surface area contributed by atoms with E-state index in [1.165, 1.54) is 28.6 Å². The average molecular weight is 679 g/mol. The number of hydrogen-bond donors (Lipinski definition) is 0. The minimum atomic E-state index is -1.78. The van der Waals surface area contributed by atoms with Crippen LogP contribution in [-0.4, -0.2) is 7.11 Å². The molecule has 0 aliphatic carbocycles. The molecule has 0 N–H and O–H groups in total. The van der Waals surface area contributed by atoms with E-state index in [4.69, 9.17) is 0 Å². The molecule has 0 saturated heterocycles. The third kappa shape index (κ3) is 11.9. The average Bonchev–Trinajstić information content (AvgIpc) is 3.08. The van der Waals surface area contributed by atoms with Gasteiger partial charge in [-0.25, -0.2) is 0 Å². The van der Waals surface area contributed by atoms with Crippen LogP contribution in [0.2, 0.25) is 0 Å². The molecule has 0 amide bonds. The largest absolute Gasteiger partial charge is 1.00 e. The SMILES string of the molecule is CC.CC.COO[P+](=O)Cc1ccccc1.[Br-].c1ccc(C[P+](c2ccccc2)(c2ccccc2)c2ccccc2)cc1. The van der Waals surface area contributed by atoms with Crippen LogP contribution in [0.1, 0.15) is 38.8 Å². The number of hydrogen-bond acceptors (Lipinski definition) is 3. The van der Waals surface area contributed by atoms with E-state index in [0.29, 0.717) is 6.16 Å². The number of rotatable bonds is 9. The zero-order chi connectivity index (χ0) is 30.5. The fourth-order valence-electron chi connectivity index (χ4n) is 4.47. The fraction of sp³-hybridized carbons (Fsp3) is 0.189. The van der Waals surface area contributed by atoms with E-state index < -0.39 is 15.3 Å². The second kappa shape index (κ2) is 22.6. The summed E-state index contributed by atoms with van der Waals surface area (Å²) in [7, 11) is -2.16. The molecule has 226 valence electrons. The van der Waals surface area contributed by atoms with Crippen LogP contribution in [0.15, 0.2) is 152 Å². The normalized spacial score (nSPS) is 10.2. The summed E-state index contributed by atoms with van der Waals surface area (Å²) in [6.07, 6.45) is 1.43. The summed E-state index contributed by atoms with van der Waals surface area (Å²) in [5, 5.41) is 4.30. The van der Waals surface area contributed by atoms with Crippen molar-refractivity contribution in [3.05, 3.63) is 163 Å². The van der Waals surface area contributed by atoms with Crippen molar-refractivity contribution in [3.63, 3.8) is 0 Å². The van der Waals surface area contributed by atoms with Gasteiger partial charge in [-0.1, -0.05) is 143 Å². The molecule has 0 aliphatic rings. The van der Waals surface area contributed by atoms with Crippen molar-refractivity contribution in [2.75, 3.05) is 7.11 Å². The van der Waals surface area contributed by atoms with Gasteiger partial charge in [0.15, 0.2) is 0 Å². The number of halogens is 1. The van der Waals surface area contributed by atoms with Crippen LogP contribution in [0.3, 0.4) is 0 Å². The van der Waals surface area contributed by atoms with Crippen LogP contribution in [0.4, 0.5) is 0 Å². The lowest BCUT2D eigenvalue weighted by Crippen LogP contribution is -3.00. The summed E-state index contributed by atoms with van der Waals surface area (Å²) in [5.74, 6) is 0. The molecular weight excluding hydrogens is 634 g/mol. The van der Waals surface area contributed by atoms with Gasteiger partial charge in [0.05, 0.1) is 13.3 Å². The molecule has 3 nitrogen and oxygen atoms in total. The highest BCUT2D eigenvalue weighted by Crippen LogP contribution is 2.58. The Balaban J connectivity index is 0.000000460. The molecule has 0 aromatic heterocycles. The van der Waals surface area contributed by atoms with Gasteiger partial charge in [-0.3, -0.25) is 0 Å². The second-order valence-corrected chi connectivity index (χ2v) is 13.3. The Hall–Kier alpha value is -2.97. The van der Waals surface area contributed by atoms with E-state index in [9.17, 15) is 4.57 Å². The molecule has 0 fully saturated rings. The standard InChI is InChI=1S/C25H22P.C8H10O3P.2C2H6.BrH/c1-5-13-22(14-6-1)21-26(23-15-7-2-8-16-23,24-17-9-3-10-18-24)25-19-11-4-12-20-25;1-10-11-12(9)7-8-5-3-2-4-6-8;2*1-2;/h1-20H,21H2;2-6H,7H2,1H3;2*1-2H3;1H/q2*+1;;;/p-1. The monoisotopic (exact) mass is 677 g/mol. The van der Waals surface area contributed by atoms with Crippen molar-refractivity contribution < 1.29 is 31.1 Å². The van der Waals surface area contributed by atoms with Gasteiger partial charge < -0.3 is 17.0 Å². The molecule has 0 radical (unpaired) electrons. The minimum Gasteiger partial charge on any atom is -1.00 e. The lowest BCUT2D eigenvalue weighted by molar-refractivity contribution is -0.172. The van der Waals surface area contributed by atoms with Crippen LogP contribution in [0.5, 0.6) is 0 Å². The molecule has 1 atom stereocenters. The van der Waals surface area contributed by atoms with Crippen molar-refractivity contribution in [3.8, 4) is 0 Å². The van der Waals surface area contributed by atoms with E-state index in [0.717, 1.165) is 11.7 Å². The highest BCUT2D eigenvalue weighted by atomic mass is 79.9. The fourth-order valence-corrected chi connectivity index (χ4v) is 9.44. The van der Waals surface area contributed by atoms with Gasteiger partial charge in [-0.2, -0.15) is 4.89 Å². The molecule has 0 aliphatic heterocycles. The van der Waals surface area contributed by atoms with Crippen molar-refractivity contribution in [2.45, 2.75) is 40.0 Å². The molecule has 6 heteroatoms. The zero-order valence-corrected chi connectivity index (χ0v) is 29.2. The van der Waals surface area contributed by atoms with Crippen molar-refractivity contribution >= 4 is 31.2 Å². The highest BCUT2D eigenvalue weighted by molar-refractivity contribution is 7.95. The third-order valence-corrected chi connectivity index (χ3v) is 11.5. The molecule has 1 unspecified atom stereocenters. The van der Waals surface area contributed by atoms with Gasteiger partial charge in [0.2, 0.25) is 6.16 Å². The maximum absolute atomic E-state index is 11.0. The quantitative estimate of drug-likeness (QED) is 0.0985. The summed E-state index contributed by atoms with van der Waals surface area (Å²) in [4.78, 5) is 4.29. The lowest BCUT2D eigenvalue weighted by Gasteiger charge is -2.27. The van der Waals surface area contributed by atoms with E-state index >= 15 is 0 Å². The van der Waals surface area contributed by atoms with Crippen LogP contribution in [-0.2, 0) is 26.5 Å². The van der Waals surface area contributed by atoms with Crippen LogP contribution < -0.4 is 32.9 Å². The smallest absolute Gasteiger partial charge is 0.544 e. The van der Waals surface area contributed by atoms with Crippen LogP contribution >= 0.6 is 15.3 Å². The van der Waals surface area contributed by atoms with Crippen LogP contribution in [0, 0.1) is 0 Å². The maximum atomic E-state index is 11.0. The third-order valence-electron chi connectivity index (χ3n) is 6.17. The first-order valence-electron chi connectivity index (χ1n) is 14.5. The Labute approximate surface area is 271 Å². The first-order chi connectivity index (χ1) is 20.7. The molecule has 5 aromatic rings. The topological polar surface area (TPSA) is 35.5 Å². The molecular formula is C37H44BrO3P2+. The van der Waals surface area contributed by atoms with Crippen molar-refractivity contribution in [1.29, 1.82) is 0 Å². The maximum Gasteiger partial charge on any atom is 0.544 e. The van der Waals surface area contributed by atoms with Gasteiger partial charge in [-0.15, -0.1) is 0 Å². The Bertz CT molecular complexity index is 1280. The molecule has 0 heterocycles. The number of benzene rings is 5. The van der Waals surface area contributed by atoms with Crippen molar-refractivity contribution in [2.24, 2.45) is 0 Å². The van der Waals surface area contributed by atoms with Gasteiger partial charge in [0.25, 0.3) is 0 Å². The molecule has 43 heavy (non-hydrogen) atoms. The zero-order valence-electron chi connectivity index (χ0n) is 25.8. The molecule has 5 aromatic carbocycles. The van der Waals surface area contributed by atoms with Crippen molar-refractivity contribution in [1.82, 2.24) is 0 Å². The lowest BCUT2D eigenvalue weighted by atomic mass is 10.2. The van der Waals surface area contributed by atoms with E-state index in [2.05, 4.69) is 131 Å². The Kier molecular flexibility index (Phi) is 20.0. The Morgan fingerprint density at radius 2 is 0.814 bits per heavy atom. The first kappa shape index (κ1) is 38.1. The first-order valence-corrected chi connectivity index (χ1v) is 17.8. The van der Waals surface area contributed by atoms with E-state index in [1.54, 1.807) is 0 Å². The Morgan fingerprint density at radius 1 is 0.512 bits per heavy atom. The molecule has 0 spiro atoms. The summed E-state index contributed by atoms with van der Waals surface area (Å²) in [5.41, 5.74) is 2.37. The van der Waals surface area contributed by atoms with Gasteiger partial charge in [0, 0.05) is 10.2 Å². The van der Waals surface area contributed by atoms with E-state index in [-0.39, 0.29) is 17.0 Å². The minimum absolute atomic E-state index is 0. The summed E-state index contributed by atoms with van der Waals surface area (Å²) in [6.45, 7) is 8.00. The second-order valence-electron chi connectivity index (χ2n) is 8.68. The van der Waals surface area contributed by atoms with Gasteiger partial charge in [0.1, 0.15) is 23.2 Å². The van der Waals surface area contributed by atoms with Gasteiger partial charge in [-0.05, 0) is 46.5 Å². The summed E-state index contributed by atoms with van der Waals surface area (Å²) < 4.78 is 15.5. The van der Waals surface area contributed by atoms with Crippen LogP contribution in [0.25, 0.3) is 0 Å². The van der Waals surface area contributed by atoms with E-state index in [1.807, 2.05) is 58.0 Å². The predicted octanol–water partition coefficient (Wildman–Crippen LogP) is 6.74. The molecule has 0 bridgehead atoms. The Morgan fingerprint density at radius 3 is 1.14 bits per heavy atom. The highest BCUT2D eigenvalue weighted by Gasteiger charge is 2.45. The summed E-state index contributed by atoms with van der Waals surface area (Å²) >= 11 is 0.